The minimum absolute atomic E-state index is 0.371. The Morgan fingerprint density at radius 1 is 1.19 bits per heavy atom. The molecule has 0 spiro atoms. The molecule has 0 saturated heterocycles. The van der Waals surface area contributed by atoms with Gasteiger partial charge >= 0.3 is 0 Å². The van der Waals surface area contributed by atoms with Gasteiger partial charge in [-0.3, -0.25) is 4.79 Å². The van der Waals surface area contributed by atoms with Crippen LogP contribution in [0.25, 0.3) is 0 Å². The minimum Gasteiger partial charge on any atom is -0.476 e. The molecule has 2 N–H and O–H groups in total. The van der Waals surface area contributed by atoms with E-state index in [9.17, 15) is 9.18 Å². The van der Waals surface area contributed by atoms with Crippen LogP contribution in [0.5, 0.6) is 5.75 Å². The van der Waals surface area contributed by atoms with Crippen molar-refractivity contribution in [1.82, 2.24) is 0 Å². The summed E-state index contributed by atoms with van der Waals surface area (Å²) in [6.07, 6.45) is -1.11. The molecule has 1 unspecified atom stereocenters. The predicted octanol–water partition coefficient (Wildman–Crippen LogP) is 2.53. The molecule has 2 aromatic carbocycles. The lowest BCUT2D eigenvalue weighted by atomic mass is 10.1. The predicted molar refractivity (Wildman–Crippen MR) is 78.9 cm³/mol. The molecular weight excluding hydrogens is 271 g/mol. The van der Waals surface area contributed by atoms with E-state index in [2.05, 4.69) is 0 Å². The number of benzene rings is 2. The highest BCUT2D eigenvalue weighted by Crippen LogP contribution is 2.36. The van der Waals surface area contributed by atoms with Crippen molar-refractivity contribution in [3.8, 4) is 5.75 Å². The number of fused-ring (bicyclic) bond motifs is 1. The summed E-state index contributed by atoms with van der Waals surface area (Å²) in [4.78, 5) is 13.9. The number of carbonyl (C=O) groups excluding carboxylic acids is 1. The highest BCUT2D eigenvalue weighted by molar-refractivity contribution is 6.00. The molecule has 1 amide bonds. The molecule has 2 aromatic rings. The Morgan fingerprint density at radius 3 is 2.67 bits per heavy atom. The number of nitrogens with two attached hydrogens (primary N) is 1. The summed E-state index contributed by atoms with van der Waals surface area (Å²) in [6.45, 7) is -0.491. The molecule has 1 aliphatic heterocycles. The van der Waals surface area contributed by atoms with Crippen LogP contribution in [0.2, 0.25) is 0 Å². The van der Waals surface area contributed by atoms with Gasteiger partial charge in [0.1, 0.15) is 12.4 Å². The summed E-state index contributed by atoms with van der Waals surface area (Å²) in [7, 11) is 0. The van der Waals surface area contributed by atoms with Gasteiger partial charge in [-0.2, -0.15) is 0 Å². The first-order chi connectivity index (χ1) is 10.2. The number of hydrogen-bond acceptors (Lipinski definition) is 3. The van der Waals surface area contributed by atoms with E-state index in [-0.39, 0.29) is 5.91 Å². The van der Waals surface area contributed by atoms with Gasteiger partial charge in [0.2, 0.25) is 6.10 Å². The van der Waals surface area contributed by atoms with E-state index in [0.717, 1.165) is 5.56 Å². The van der Waals surface area contributed by atoms with Crippen LogP contribution in [0, 0.1) is 0 Å². The Hall–Kier alpha value is -2.56. The molecular formula is C16H15FN2O2. The van der Waals surface area contributed by atoms with Crippen molar-refractivity contribution in [3.05, 3.63) is 54.1 Å². The van der Waals surface area contributed by atoms with Crippen LogP contribution in [0.4, 0.5) is 15.8 Å². The zero-order valence-corrected chi connectivity index (χ0v) is 11.3. The van der Waals surface area contributed by atoms with Crippen LogP contribution in [0.1, 0.15) is 5.56 Å². The van der Waals surface area contributed by atoms with Gasteiger partial charge in [-0.15, -0.1) is 0 Å². The van der Waals surface area contributed by atoms with Gasteiger partial charge in [-0.05, 0) is 17.7 Å². The molecule has 0 aliphatic carbocycles. The number of carbonyl (C=O) groups is 1. The molecule has 0 aromatic heterocycles. The molecule has 0 saturated carbocycles. The number of rotatable bonds is 3. The van der Waals surface area contributed by atoms with Crippen LogP contribution in [-0.4, -0.2) is 18.7 Å². The second kappa shape index (κ2) is 5.44. The van der Waals surface area contributed by atoms with Crippen LogP contribution in [0.15, 0.2) is 48.5 Å². The molecule has 0 radical (unpaired) electrons. The SMILES string of the molecule is Nc1ccc2c(c1)OC(CF)C(=O)N2Cc1ccccc1. The van der Waals surface area contributed by atoms with E-state index in [0.29, 0.717) is 23.7 Å². The van der Waals surface area contributed by atoms with Gasteiger partial charge < -0.3 is 15.4 Å². The Bertz CT molecular complexity index is 661. The molecule has 1 atom stereocenters. The summed E-state index contributed by atoms with van der Waals surface area (Å²) in [5.74, 6) is 0.0619. The van der Waals surface area contributed by atoms with Crippen molar-refractivity contribution < 1.29 is 13.9 Å². The number of alkyl halides is 1. The van der Waals surface area contributed by atoms with Gasteiger partial charge in [-0.1, -0.05) is 30.3 Å². The highest BCUT2D eigenvalue weighted by atomic mass is 19.1. The van der Waals surface area contributed by atoms with Crippen molar-refractivity contribution in [3.63, 3.8) is 0 Å². The monoisotopic (exact) mass is 286 g/mol. The maximum atomic E-state index is 13.0. The number of nitrogen functional groups attached to an aromatic ring is 1. The maximum Gasteiger partial charge on any atom is 0.271 e. The molecule has 5 heteroatoms. The number of amides is 1. The molecule has 1 aliphatic rings. The van der Waals surface area contributed by atoms with E-state index >= 15 is 0 Å². The Morgan fingerprint density at radius 2 is 1.95 bits per heavy atom. The van der Waals surface area contributed by atoms with Gasteiger partial charge in [0, 0.05) is 11.8 Å². The summed E-state index contributed by atoms with van der Waals surface area (Å²) in [5.41, 5.74) is 7.82. The van der Waals surface area contributed by atoms with Gasteiger partial charge in [0.05, 0.1) is 12.2 Å². The molecule has 3 rings (SSSR count). The zero-order chi connectivity index (χ0) is 14.8. The lowest BCUT2D eigenvalue weighted by Gasteiger charge is -2.33. The van der Waals surface area contributed by atoms with Crippen LogP contribution in [-0.2, 0) is 11.3 Å². The van der Waals surface area contributed by atoms with Crippen LogP contribution in [0.3, 0.4) is 0 Å². The van der Waals surface area contributed by atoms with E-state index < -0.39 is 12.8 Å². The largest absolute Gasteiger partial charge is 0.476 e. The second-order valence-corrected chi connectivity index (χ2v) is 4.90. The maximum absolute atomic E-state index is 13.0. The third-order valence-electron chi connectivity index (χ3n) is 3.41. The van der Waals surface area contributed by atoms with Crippen molar-refractivity contribution in [2.24, 2.45) is 0 Å². The smallest absolute Gasteiger partial charge is 0.271 e. The quantitative estimate of drug-likeness (QED) is 0.882. The van der Waals surface area contributed by atoms with Crippen molar-refractivity contribution >= 4 is 17.3 Å². The lowest BCUT2D eigenvalue weighted by Crippen LogP contribution is -2.46. The summed E-state index contributed by atoms with van der Waals surface area (Å²) >= 11 is 0. The van der Waals surface area contributed by atoms with E-state index in [1.807, 2.05) is 30.3 Å². The Balaban J connectivity index is 1.99. The fraction of sp³-hybridized carbons (Fsp3) is 0.188. The summed E-state index contributed by atoms with van der Waals surface area (Å²) < 4.78 is 18.4. The van der Waals surface area contributed by atoms with E-state index in [1.54, 1.807) is 18.2 Å². The zero-order valence-electron chi connectivity index (χ0n) is 11.3. The van der Waals surface area contributed by atoms with Crippen molar-refractivity contribution in [1.29, 1.82) is 0 Å². The average Bonchev–Trinajstić information content (AvgIpc) is 2.50. The first-order valence-electron chi connectivity index (χ1n) is 6.66. The Kier molecular flexibility index (Phi) is 3.48. The number of halogens is 1. The fourth-order valence-corrected chi connectivity index (χ4v) is 2.37. The first-order valence-corrected chi connectivity index (χ1v) is 6.66. The van der Waals surface area contributed by atoms with E-state index in [4.69, 9.17) is 10.5 Å². The third-order valence-corrected chi connectivity index (χ3v) is 3.41. The molecule has 4 nitrogen and oxygen atoms in total. The minimum atomic E-state index is -1.11. The van der Waals surface area contributed by atoms with Crippen molar-refractivity contribution in [2.45, 2.75) is 12.6 Å². The standard InChI is InChI=1S/C16H15FN2O2/c17-9-15-16(20)19(10-11-4-2-1-3-5-11)13-7-6-12(18)8-14(13)21-15/h1-8,15H,9-10,18H2. The number of anilines is 2. The van der Waals surface area contributed by atoms with E-state index in [1.165, 1.54) is 4.90 Å². The molecule has 0 fully saturated rings. The Labute approximate surface area is 121 Å². The average molecular weight is 286 g/mol. The highest BCUT2D eigenvalue weighted by Gasteiger charge is 2.34. The van der Waals surface area contributed by atoms with Crippen molar-refractivity contribution in [2.75, 3.05) is 17.3 Å². The molecule has 108 valence electrons. The van der Waals surface area contributed by atoms with Gasteiger partial charge in [0.25, 0.3) is 5.91 Å². The van der Waals surface area contributed by atoms with Crippen LogP contribution >= 0.6 is 0 Å². The van der Waals surface area contributed by atoms with Gasteiger partial charge in [0.15, 0.2) is 0 Å². The first kappa shape index (κ1) is 13.4. The molecule has 1 heterocycles. The summed E-state index contributed by atoms with van der Waals surface area (Å²) in [5, 5.41) is 0. The molecule has 21 heavy (non-hydrogen) atoms. The normalized spacial score (nSPS) is 17.3. The number of nitrogens with zero attached hydrogens (tertiary/aromatic N) is 1. The number of ether oxygens (including phenoxy) is 1. The topological polar surface area (TPSA) is 55.6 Å². The number of hydrogen-bond donors (Lipinski definition) is 1. The lowest BCUT2D eigenvalue weighted by molar-refractivity contribution is -0.127. The van der Waals surface area contributed by atoms with Gasteiger partial charge in [-0.25, -0.2) is 4.39 Å². The third kappa shape index (κ3) is 2.54. The summed E-state index contributed by atoms with van der Waals surface area (Å²) in [6, 6.07) is 14.6. The molecule has 0 bridgehead atoms. The second-order valence-electron chi connectivity index (χ2n) is 4.90. The van der Waals surface area contributed by atoms with Crippen LogP contribution < -0.4 is 15.4 Å². The fourth-order valence-electron chi connectivity index (χ4n) is 2.37.